The molecule has 0 saturated carbocycles. The van der Waals surface area contributed by atoms with Crippen LogP contribution in [-0.4, -0.2) is 25.7 Å². The Labute approximate surface area is 115 Å². The average Bonchev–Trinajstić information content (AvgIpc) is 2.36. The maximum absolute atomic E-state index is 11.6. The van der Waals surface area contributed by atoms with Crippen molar-refractivity contribution in [2.24, 2.45) is 5.92 Å². The van der Waals surface area contributed by atoms with Gasteiger partial charge in [-0.05, 0) is 31.5 Å². The number of anilines is 2. The Morgan fingerprint density at radius 2 is 1.95 bits per heavy atom. The van der Waals surface area contributed by atoms with E-state index >= 15 is 0 Å². The van der Waals surface area contributed by atoms with E-state index in [-0.39, 0.29) is 11.8 Å². The van der Waals surface area contributed by atoms with E-state index in [2.05, 4.69) is 17.6 Å². The van der Waals surface area contributed by atoms with E-state index in [0.29, 0.717) is 6.04 Å². The fourth-order valence-corrected chi connectivity index (χ4v) is 1.62. The SMILES string of the molecule is COCCC(C)Nc1cccc(NC(=O)C(C)C)c1. The maximum atomic E-state index is 11.6. The van der Waals surface area contributed by atoms with Gasteiger partial charge in [0.2, 0.25) is 5.91 Å². The summed E-state index contributed by atoms with van der Waals surface area (Å²) in [6.45, 7) is 6.60. The minimum atomic E-state index is -0.0164. The van der Waals surface area contributed by atoms with Crippen LogP contribution in [0.1, 0.15) is 27.2 Å². The van der Waals surface area contributed by atoms with Crippen LogP contribution in [0.15, 0.2) is 24.3 Å². The molecule has 1 unspecified atom stereocenters. The molecule has 0 heterocycles. The predicted octanol–water partition coefficient (Wildman–Crippen LogP) is 3.12. The molecule has 1 rings (SSSR count). The number of hydrogen-bond donors (Lipinski definition) is 2. The summed E-state index contributed by atoms with van der Waals surface area (Å²) in [5, 5.41) is 6.28. The molecule has 0 spiro atoms. The molecule has 0 fully saturated rings. The van der Waals surface area contributed by atoms with Crippen molar-refractivity contribution < 1.29 is 9.53 Å². The van der Waals surface area contributed by atoms with Gasteiger partial charge in [0.1, 0.15) is 0 Å². The highest BCUT2D eigenvalue weighted by atomic mass is 16.5. The lowest BCUT2D eigenvalue weighted by Gasteiger charge is -2.16. The summed E-state index contributed by atoms with van der Waals surface area (Å²) in [6, 6.07) is 8.10. The van der Waals surface area contributed by atoms with Crippen molar-refractivity contribution in [3.05, 3.63) is 24.3 Å². The van der Waals surface area contributed by atoms with E-state index in [1.165, 1.54) is 0 Å². The number of carbonyl (C=O) groups excluding carboxylic acids is 1. The van der Waals surface area contributed by atoms with Crippen LogP contribution in [0.25, 0.3) is 0 Å². The van der Waals surface area contributed by atoms with Gasteiger partial charge in [-0.25, -0.2) is 0 Å². The minimum Gasteiger partial charge on any atom is -0.385 e. The summed E-state index contributed by atoms with van der Waals surface area (Å²) in [5.74, 6) is 0.0156. The molecule has 2 N–H and O–H groups in total. The minimum absolute atomic E-state index is 0.0164. The van der Waals surface area contributed by atoms with Gasteiger partial charge in [0.05, 0.1) is 0 Å². The topological polar surface area (TPSA) is 50.4 Å². The third-order valence-electron chi connectivity index (χ3n) is 2.82. The number of carbonyl (C=O) groups is 1. The van der Waals surface area contributed by atoms with Gasteiger partial charge in [-0.1, -0.05) is 19.9 Å². The number of amides is 1. The smallest absolute Gasteiger partial charge is 0.226 e. The molecule has 1 aromatic carbocycles. The van der Waals surface area contributed by atoms with Gasteiger partial charge in [0.15, 0.2) is 0 Å². The van der Waals surface area contributed by atoms with E-state index in [1.54, 1.807) is 7.11 Å². The van der Waals surface area contributed by atoms with E-state index in [0.717, 1.165) is 24.4 Å². The lowest BCUT2D eigenvalue weighted by Crippen LogP contribution is -2.19. The zero-order valence-electron chi connectivity index (χ0n) is 12.2. The molecular formula is C15H24N2O2. The van der Waals surface area contributed by atoms with Gasteiger partial charge < -0.3 is 15.4 Å². The molecule has 1 amide bonds. The molecule has 1 aromatic rings. The highest BCUT2D eigenvalue weighted by Gasteiger charge is 2.07. The van der Waals surface area contributed by atoms with E-state index < -0.39 is 0 Å². The van der Waals surface area contributed by atoms with Crippen LogP contribution in [0.4, 0.5) is 11.4 Å². The van der Waals surface area contributed by atoms with Crippen molar-refractivity contribution in [1.82, 2.24) is 0 Å². The lowest BCUT2D eigenvalue weighted by molar-refractivity contribution is -0.118. The molecule has 106 valence electrons. The van der Waals surface area contributed by atoms with Crippen molar-refractivity contribution in [3.63, 3.8) is 0 Å². The van der Waals surface area contributed by atoms with Crippen molar-refractivity contribution in [2.75, 3.05) is 24.4 Å². The highest BCUT2D eigenvalue weighted by Crippen LogP contribution is 2.17. The zero-order valence-corrected chi connectivity index (χ0v) is 12.2. The first-order valence-electron chi connectivity index (χ1n) is 6.69. The Balaban J connectivity index is 2.59. The third kappa shape index (κ3) is 5.75. The maximum Gasteiger partial charge on any atom is 0.226 e. The number of rotatable bonds is 7. The molecule has 0 saturated heterocycles. The quantitative estimate of drug-likeness (QED) is 0.795. The van der Waals surface area contributed by atoms with Gasteiger partial charge in [-0.15, -0.1) is 0 Å². The largest absolute Gasteiger partial charge is 0.385 e. The first-order valence-corrected chi connectivity index (χ1v) is 6.69. The van der Waals surface area contributed by atoms with E-state index in [4.69, 9.17) is 4.74 Å². The van der Waals surface area contributed by atoms with Gasteiger partial charge >= 0.3 is 0 Å². The van der Waals surface area contributed by atoms with Gasteiger partial charge in [0.25, 0.3) is 0 Å². The summed E-state index contributed by atoms with van der Waals surface area (Å²) >= 11 is 0. The lowest BCUT2D eigenvalue weighted by atomic mass is 10.2. The average molecular weight is 264 g/mol. The summed E-state index contributed by atoms with van der Waals surface area (Å²) in [6.07, 6.45) is 0.944. The molecule has 1 atom stereocenters. The standard InChI is InChI=1S/C15H24N2O2/c1-11(2)15(18)17-14-7-5-6-13(10-14)16-12(3)8-9-19-4/h5-7,10-12,16H,8-9H2,1-4H3,(H,17,18). The van der Waals surface area contributed by atoms with Gasteiger partial charge in [0, 0.05) is 37.1 Å². The Morgan fingerprint density at radius 3 is 2.58 bits per heavy atom. The van der Waals surface area contributed by atoms with Gasteiger partial charge in [-0.2, -0.15) is 0 Å². The van der Waals surface area contributed by atoms with Crippen LogP contribution in [0.3, 0.4) is 0 Å². The first kappa shape index (κ1) is 15.5. The monoisotopic (exact) mass is 264 g/mol. The second-order valence-corrected chi connectivity index (χ2v) is 5.05. The Kier molecular flexibility index (Phi) is 6.36. The number of hydrogen-bond acceptors (Lipinski definition) is 3. The first-order chi connectivity index (χ1) is 9.02. The third-order valence-corrected chi connectivity index (χ3v) is 2.82. The van der Waals surface area contributed by atoms with E-state index in [1.807, 2.05) is 38.1 Å². The number of ether oxygens (including phenoxy) is 1. The van der Waals surface area contributed by atoms with Crippen LogP contribution >= 0.6 is 0 Å². The predicted molar refractivity (Wildman–Crippen MR) is 79.5 cm³/mol. The van der Waals surface area contributed by atoms with Crippen molar-refractivity contribution in [1.29, 1.82) is 0 Å². The summed E-state index contributed by atoms with van der Waals surface area (Å²) < 4.78 is 5.06. The summed E-state index contributed by atoms with van der Waals surface area (Å²) in [7, 11) is 1.70. The Hall–Kier alpha value is -1.55. The van der Waals surface area contributed by atoms with Crippen LogP contribution in [-0.2, 0) is 9.53 Å². The van der Waals surface area contributed by atoms with Crippen LogP contribution < -0.4 is 10.6 Å². The molecule has 4 nitrogen and oxygen atoms in total. The second-order valence-electron chi connectivity index (χ2n) is 5.05. The summed E-state index contributed by atoms with van der Waals surface area (Å²) in [5.41, 5.74) is 1.83. The molecule has 19 heavy (non-hydrogen) atoms. The molecule has 0 aliphatic carbocycles. The van der Waals surface area contributed by atoms with Crippen LogP contribution in [0.5, 0.6) is 0 Å². The second kappa shape index (κ2) is 7.79. The fourth-order valence-electron chi connectivity index (χ4n) is 1.62. The van der Waals surface area contributed by atoms with E-state index in [9.17, 15) is 4.79 Å². The molecule has 0 aliphatic rings. The van der Waals surface area contributed by atoms with Crippen LogP contribution in [0, 0.1) is 5.92 Å². The molecule has 4 heteroatoms. The molecule has 0 aliphatic heterocycles. The fraction of sp³-hybridized carbons (Fsp3) is 0.533. The number of nitrogens with one attached hydrogen (secondary N) is 2. The van der Waals surface area contributed by atoms with Gasteiger partial charge in [-0.3, -0.25) is 4.79 Å². The number of benzene rings is 1. The van der Waals surface area contributed by atoms with Crippen molar-refractivity contribution in [3.8, 4) is 0 Å². The van der Waals surface area contributed by atoms with Crippen molar-refractivity contribution >= 4 is 17.3 Å². The van der Waals surface area contributed by atoms with Crippen LogP contribution in [0.2, 0.25) is 0 Å². The Bertz CT molecular complexity index is 405. The molecule has 0 radical (unpaired) electrons. The number of methoxy groups -OCH3 is 1. The normalized spacial score (nSPS) is 12.3. The molecule has 0 bridgehead atoms. The highest BCUT2D eigenvalue weighted by molar-refractivity contribution is 5.92. The Morgan fingerprint density at radius 1 is 1.26 bits per heavy atom. The summed E-state index contributed by atoms with van der Waals surface area (Å²) in [4.78, 5) is 11.6. The van der Waals surface area contributed by atoms with Crippen molar-refractivity contribution in [2.45, 2.75) is 33.2 Å². The molecular weight excluding hydrogens is 240 g/mol. The molecule has 0 aromatic heterocycles. The zero-order chi connectivity index (χ0) is 14.3.